The molecule has 0 amide bonds. The number of aryl methyl sites for hydroxylation is 1. The number of aromatic carboxylic acids is 1. The maximum atomic E-state index is 12.5. The van der Waals surface area contributed by atoms with Gasteiger partial charge in [-0.15, -0.1) is 11.3 Å². The molecule has 1 heterocycles. The summed E-state index contributed by atoms with van der Waals surface area (Å²) in [6.45, 7) is 1.80. The molecule has 0 bridgehead atoms. The Morgan fingerprint density at radius 2 is 1.90 bits per heavy atom. The first-order valence-electron chi connectivity index (χ1n) is 5.71. The van der Waals surface area contributed by atoms with E-state index in [1.54, 1.807) is 25.1 Å². The summed E-state index contributed by atoms with van der Waals surface area (Å²) in [6, 6.07) is 8.34. The van der Waals surface area contributed by atoms with Crippen LogP contribution in [0.15, 0.2) is 40.6 Å². The minimum atomic E-state index is -3.88. The number of sulfonamides is 1. The molecule has 20 heavy (non-hydrogen) atoms. The van der Waals surface area contributed by atoms with Crippen LogP contribution in [0.1, 0.15) is 15.2 Å². The van der Waals surface area contributed by atoms with Gasteiger partial charge in [0.05, 0.1) is 5.69 Å². The predicted octanol–water partition coefficient (Wildman–Crippen LogP) is 2.58. The molecule has 2 rings (SSSR count). The fraction of sp³-hybridized carbons (Fsp3) is 0.154. The van der Waals surface area contributed by atoms with E-state index in [0.717, 1.165) is 21.2 Å². The van der Waals surface area contributed by atoms with E-state index in [2.05, 4.69) is 0 Å². The second-order valence-electron chi connectivity index (χ2n) is 4.18. The van der Waals surface area contributed by atoms with Crippen molar-refractivity contribution in [2.45, 2.75) is 11.8 Å². The monoisotopic (exact) mass is 311 g/mol. The van der Waals surface area contributed by atoms with E-state index < -0.39 is 16.0 Å². The smallest absolute Gasteiger partial charge is 0.347 e. The van der Waals surface area contributed by atoms with E-state index >= 15 is 0 Å². The molecule has 0 aliphatic carbocycles. The minimum absolute atomic E-state index is 0.176. The molecule has 0 fully saturated rings. The highest BCUT2D eigenvalue weighted by Crippen LogP contribution is 2.29. The topological polar surface area (TPSA) is 74.7 Å². The summed E-state index contributed by atoms with van der Waals surface area (Å²) in [5, 5.41) is 10.5. The minimum Gasteiger partial charge on any atom is -0.477 e. The quantitative estimate of drug-likeness (QED) is 0.941. The molecule has 5 nitrogen and oxygen atoms in total. The number of carbonyl (C=O) groups is 1. The van der Waals surface area contributed by atoms with Crippen LogP contribution in [-0.2, 0) is 10.0 Å². The van der Waals surface area contributed by atoms with Crippen LogP contribution in [0.3, 0.4) is 0 Å². The molecule has 0 unspecified atom stereocenters. The van der Waals surface area contributed by atoms with Crippen LogP contribution < -0.4 is 4.31 Å². The van der Waals surface area contributed by atoms with Gasteiger partial charge in [-0.2, -0.15) is 0 Å². The number of benzene rings is 1. The van der Waals surface area contributed by atoms with Gasteiger partial charge in [0.1, 0.15) is 9.77 Å². The van der Waals surface area contributed by atoms with Crippen molar-refractivity contribution in [3.05, 3.63) is 46.2 Å². The fourth-order valence-electron chi connectivity index (χ4n) is 1.85. The number of hydrogen-bond acceptors (Lipinski definition) is 4. The lowest BCUT2D eigenvalue weighted by atomic mass is 10.2. The zero-order valence-corrected chi connectivity index (χ0v) is 12.5. The lowest BCUT2D eigenvalue weighted by Crippen LogP contribution is -2.28. The molecule has 106 valence electrons. The van der Waals surface area contributed by atoms with Gasteiger partial charge in [0, 0.05) is 7.05 Å². The van der Waals surface area contributed by atoms with E-state index in [9.17, 15) is 13.2 Å². The highest BCUT2D eigenvalue weighted by Gasteiger charge is 2.28. The summed E-state index contributed by atoms with van der Waals surface area (Å²) in [5.74, 6) is -1.24. The molecule has 0 atom stereocenters. The van der Waals surface area contributed by atoms with Crippen molar-refractivity contribution in [1.82, 2.24) is 0 Å². The number of hydrogen-bond donors (Lipinski definition) is 1. The maximum Gasteiger partial charge on any atom is 0.347 e. The Morgan fingerprint density at radius 1 is 1.25 bits per heavy atom. The Bertz CT molecular complexity index is 749. The van der Waals surface area contributed by atoms with Gasteiger partial charge in [-0.25, -0.2) is 13.2 Å². The van der Waals surface area contributed by atoms with Crippen LogP contribution in [0.5, 0.6) is 0 Å². The Balaban J connectivity index is 2.53. The van der Waals surface area contributed by atoms with Gasteiger partial charge >= 0.3 is 5.97 Å². The molecule has 0 aliphatic heterocycles. The van der Waals surface area contributed by atoms with Crippen molar-refractivity contribution in [3.63, 3.8) is 0 Å². The number of thiophene rings is 1. The third-order valence-electron chi connectivity index (χ3n) is 2.92. The first-order valence-corrected chi connectivity index (χ1v) is 8.03. The molecule has 0 saturated carbocycles. The number of nitrogens with zero attached hydrogens (tertiary/aromatic N) is 1. The highest BCUT2D eigenvalue weighted by atomic mass is 32.2. The fourth-order valence-corrected chi connectivity index (χ4v) is 4.34. The van der Waals surface area contributed by atoms with Crippen LogP contribution in [0.4, 0.5) is 5.69 Å². The molecular weight excluding hydrogens is 298 g/mol. The van der Waals surface area contributed by atoms with Gasteiger partial charge in [-0.3, -0.25) is 4.31 Å². The summed E-state index contributed by atoms with van der Waals surface area (Å²) in [7, 11) is -2.47. The van der Waals surface area contributed by atoms with Crippen molar-refractivity contribution in [2.75, 3.05) is 11.4 Å². The predicted molar refractivity (Wildman–Crippen MR) is 78.0 cm³/mol. The van der Waals surface area contributed by atoms with E-state index in [4.69, 9.17) is 5.11 Å². The normalized spacial score (nSPS) is 11.3. The van der Waals surface area contributed by atoms with Gasteiger partial charge in [-0.05, 0) is 30.0 Å². The lowest BCUT2D eigenvalue weighted by molar-refractivity contribution is 0.0698. The molecule has 0 spiro atoms. The van der Waals surface area contributed by atoms with Crippen molar-refractivity contribution >= 4 is 33.0 Å². The summed E-state index contributed by atoms with van der Waals surface area (Å²) in [5.41, 5.74) is 1.32. The van der Waals surface area contributed by atoms with E-state index in [1.807, 2.05) is 6.07 Å². The Morgan fingerprint density at radius 3 is 2.50 bits per heavy atom. The third-order valence-corrected chi connectivity index (χ3v) is 5.76. The third kappa shape index (κ3) is 2.41. The zero-order chi connectivity index (χ0) is 14.9. The maximum absolute atomic E-state index is 12.5. The number of anilines is 1. The second kappa shape index (κ2) is 5.26. The molecule has 1 N–H and O–H groups in total. The largest absolute Gasteiger partial charge is 0.477 e. The van der Waals surface area contributed by atoms with Crippen LogP contribution >= 0.6 is 11.3 Å². The molecule has 0 aliphatic rings. The highest BCUT2D eigenvalue weighted by molar-refractivity contribution is 7.93. The average Bonchev–Trinajstić information content (AvgIpc) is 2.88. The van der Waals surface area contributed by atoms with Gasteiger partial charge in [-0.1, -0.05) is 18.2 Å². The van der Waals surface area contributed by atoms with E-state index in [1.165, 1.54) is 18.5 Å². The summed E-state index contributed by atoms with van der Waals surface area (Å²) in [4.78, 5) is 10.7. The number of rotatable bonds is 4. The standard InChI is InChI=1S/C13H13NO4S2/c1-9-5-3-4-6-10(9)14(2)20(17,18)11-7-8-19-12(11)13(15)16/h3-8H,1-2H3,(H,15,16). The molecule has 7 heteroatoms. The van der Waals surface area contributed by atoms with Gasteiger partial charge in [0.15, 0.2) is 0 Å². The van der Waals surface area contributed by atoms with Crippen LogP contribution in [0.2, 0.25) is 0 Å². The zero-order valence-electron chi connectivity index (χ0n) is 10.9. The molecule has 1 aromatic carbocycles. The Kier molecular flexibility index (Phi) is 3.82. The van der Waals surface area contributed by atoms with Gasteiger partial charge < -0.3 is 5.11 Å². The SMILES string of the molecule is Cc1ccccc1N(C)S(=O)(=O)c1ccsc1C(=O)O. The lowest BCUT2D eigenvalue weighted by Gasteiger charge is -2.21. The molecule has 2 aromatic rings. The molecule has 0 saturated heterocycles. The van der Waals surface area contributed by atoms with Crippen molar-refractivity contribution < 1.29 is 18.3 Å². The van der Waals surface area contributed by atoms with Crippen molar-refractivity contribution in [3.8, 4) is 0 Å². The first-order chi connectivity index (χ1) is 9.35. The van der Waals surface area contributed by atoms with Crippen molar-refractivity contribution in [2.24, 2.45) is 0 Å². The van der Waals surface area contributed by atoms with Crippen LogP contribution in [0, 0.1) is 6.92 Å². The van der Waals surface area contributed by atoms with Crippen molar-refractivity contribution in [1.29, 1.82) is 0 Å². The summed E-state index contributed by atoms with van der Waals surface area (Å²) in [6.07, 6.45) is 0. The average molecular weight is 311 g/mol. The molecular formula is C13H13NO4S2. The number of carboxylic acids is 1. The summed E-state index contributed by atoms with van der Waals surface area (Å²) < 4.78 is 26.2. The number of carboxylic acid groups (broad SMARTS) is 1. The Hall–Kier alpha value is -1.86. The Labute approximate surface area is 121 Å². The summed E-state index contributed by atoms with van der Waals surface area (Å²) >= 11 is 0.896. The second-order valence-corrected chi connectivity index (χ2v) is 7.03. The van der Waals surface area contributed by atoms with Crippen LogP contribution in [0.25, 0.3) is 0 Å². The van der Waals surface area contributed by atoms with E-state index in [0.29, 0.717) is 5.69 Å². The number of para-hydroxylation sites is 1. The van der Waals surface area contributed by atoms with Crippen LogP contribution in [-0.4, -0.2) is 26.5 Å². The van der Waals surface area contributed by atoms with E-state index in [-0.39, 0.29) is 9.77 Å². The molecule has 0 radical (unpaired) electrons. The van der Waals surface area contributed by atoms with Gasteiger partial charge in [0.25, 0.3) is 10.0 Å². The first kappa shape index (κ1) is 14.5. The van der Waals surface area contributed by atoms with Gasteiger partial charge in [0.2, 0.25) is 0 Å². The molecule has 1 aromatic heterocycles.